The number of hydrogen-bond donors (Lipinski definition) is 1. The molecule has 1 atom stereocenters. The third-order valence-electron chi connectivity index (χ3n) is 3.10. The van der Waals surface area contributed by atoms with Gasteiger partial charge in [-0.3, -0.25) is 0 Å². The molecule has 0 radical (unpaired) electrons. The molecule has 2 aromatic carbocycles. The van der Waals surface area contributed by atoms with Crippen LogP contribution in [0.2, 0.25) is 0 Å². The predicted molar refractivity (Wildman–Crippen MR) is 78.0 cm³/mol. The summed E-state index contributed by atoms with van der Waals surface area (Å²) in [6.07, 6.45) is 0. The molecule has 0 fully saturated rings. The van der Waals surface area contributed by atoms with Gasteiger partial charge in [0, 0.05) is 21.7 Å². The maximum absolute atomic E-state index is 14.2. The second-order valence-electron chi connectivity index (χ2n) is 4.24. The summed E-state index contributed by atoms with van der Waals surface area (Å²) in [6, 6.07) is 8.62. The van der Waals surface area contributed by atoms with Crippen molar-refractivity contribution in [2.75, 3.05) is 14.2 Å². The normalized spacial score (nSPS) is 12.2. The fourth-order valence-electron chi connectivity index (χ4n) is 2.11. The smallest absolute Gasteiger partial charge is 0.132 e. The first-order valence-corrected chi connectivity index (χ1v) is 6.82. The van der Waals surface area contributed by atoms with Crippen molar-refractivity contribution in [2.45, 2.75) is 6.04 Å². The second kappa shape index (κ2) is 6.33. The third kappa shape index (κ3) is 2.83. The third-order valence-corrected chi connectivity index (χ3v) is 3.79. The monoisotopic (exact) mass is 341 g/mol. The van der Waals surface area contributed by atoms with E-state index in [0.29, 0.717) is 21.3 Å². The summed E-state index contributed by atoms with van der Waals surface area (Å²) in [5.74, 6) is -0.415. The van der Waals surface area contributed by atoms with Gasteiger partial charge in [-0.2, -0.15) is 0 Å². The number of ether oxygens (including phenoxy) is 1. The number of nitrogens with one attached hydrogen (secondary N) is 1. The van der Waals surface area contributed by atoms with Crippen molar-refractivity contribution in [1.82, 2.24) is 5.32 Å². The SMILES string of the molecule is CNC(c1ccc(OC)cc1F)c1c(F)cccc1Br. The van der Waals surface area contributed by atoms with Crippen LogP contribution >= 0.6 is 15.9 Å². The molecule has 0 aliphatic heterocycles. The van der Waals surface area contributed by atoms with Crippen molar-refractivity contribution in [2.24, 2.45) is 0 Å². The lowest BCUT2D eigenvalue weighted by Crippen LogP contribution is -2.20. The van der Waals surface area contributed by atoms with Crippen LogP contribution < -0.4 is 10.1 Å². The van der Waals surface area contributed by atoms with Gasteiger partial charge in [0.15, 0.2) is 0 Å². The summed E-state index contributed by atoms with van der Waals surface area (Å²) in [7, 11) is 3.13. The van der Waals surface area contributed by atoms with Crippen molar-refractivity contribution >= 4 is 15.9 Å². The molecule has 106 valence electrons. The van der Waals surface area contributed by atoms with Crippen LogP contribution in [-0.2, 0) is 0 Å². The Kier molecular flexibility index (Phi) is 4.73. The van der Waals surface area contributed by atoms with Crippen LogP contribution in [0.5, 0.6) is 5.75 Å². The van der Waals surface area contributed by atoms with Crippen molar-refractivity contribution < 1.29 is 13.5 Å². The summed E-state index contributed by atoms with van der Waals surface area (Å²) in [5, 5.41) is 2.94. The van der Waals surface area contributed by atoms with E-state index < -0.39 is 17.7 Å². The maximum atomic E-state index is 14.2. The van der Waals surface area contributed by atoms with E-state index in [-0.39, 0.29) is 0 Å². The zero-order chi connectivity index (χ0) is 14.7. The fraction of sp³-hybridized carbons (Fsp3) is 0.200. The zero-order valence-corrected chi connectivity index (χ0v) is 12.7. The van der Waals surface area contributed by atoms with E-state index in [9.17, 15) is 8.78 Å². The first kappa shape index (κ1) is 14.9. The standard InChI is InChI=1S/C15H14BrF2NO/c1-19-15(14-11(16)4-3-5-12(14)17)10-7-6-9(20-2)8-13(10)18/h3-8,15,19H,1-2H3. The van der Waals surface area contributed by atoms with Gasteiger partial charge in [-0.15, -0.1) is 0 Å². The highest BCUT2D eigenvalue weighted by atomic mass is 79.9. The first-order chi connectivity index (χ1) is 9.58. The van der Waals surface area contributed by atoms with Gasteiger partial charge in [0.25, 0.3) is 0 Å². The van der Waals surface area contributed by atoms with Crippen LogP contribution in [0.1, 0.15) is 17.2 Å². The summed E-state index contributed by atoms with van der Waals surface area (Å²) in [5.41, 5.74) is 0.734. The Morgan fingerprint density at radius 2 is 1.90 bits per heavy atom. The maximum Gasteiger partial charge on any atom is 0.132 e. The van der Waals surface area contributed by atoms with Crippen LogP contribution in [0.3, 0.4) is 0 Å². The molecule has 20 heavy (non-hydrogen) atoms. The largest absolute Gasteiger partial charge is 0.497 e. The quantitative estimate of drug-likeness (QED) is 0.905. The van der Waals surface area contributed by atoms with Crippen molar-refractivity contribution in [3.05, 3.63) is 63.6 Å². The van der Waals surface area contributed by atoms with Gasteiger partial charge < -0.3 is 10.1 Å². The Bertz CT molecular complexity index is 599. The van der Waals surface area contributed by atoms with E-state index in [0.717, 1.165) is 0 Å². The molecule has 0 aliphatic carbocycles. The van der Waals surface area contributed by atoms with Gasteiger partial charge in [0.05, 0.1) is 13.2 Å². The molecule has 0 bridgehead atoms. The lowest BCUT2D eigenvalue weighted by atomic mass is 9.97. The minimum Gasteiger partial charge on any atom is -0.497 e. The zero-order valence-electron chi connectivity index (χ0n) is 11.1. The Morgan fingerprint density at radius 1 is 1.15 bits per heavy atom. The minimum absolute atomic E-state index is 0.360. The average Bonchev–Trinajstić information content (AvgIpc) is 2.43. The van der Waals surface area contributed by atoms with Crippen LogP contribution in [0.4, 0.5) is 8.78 Å². The number of benzene rings is 2. The predicted octanol–water partition coefficient (Wildman–Crippen LogP) is 4.04. The van der Waals surface area contributed by atoms with Crippen LogP contribution in [0, 0.1) is 11.6 Å². The molecular formula is C15H14BrF2NO. The Hall–Kier alpha value is -1.46. The first-order valence-electron chi connectivity index (χ1n) is 6.03. The molecular weight excluding hydrogens is 328 g/mol. The number of methoxy groups -OCH3 is 1. The fourth-order valence-corrected chi connectivity index (χ4v) is 2.68. The molecule has 0 amide bonds. The van der Waals surface area contributed by atoms with E-state index in [1.807, 2.05) is 0 Å². The Labute approximate surface area is 124 Å². The molecule has 2 nitrogen and oxygen atoms in total. The van der Waals surface area contributed by atoms with E-state index >= 15 is 0 Å². The van der Waals surface area contributed by atoms with Gasteiger partial charge in [-0.05, 0) is 25.2 Å². The number of hydrogen-bond acceptors (Lipinski definition) is 2. The van der Waals surface area contributed by atoms with Gasteiger partial charge in [0.2, 0.25) is 0 Å². The van der Waals surface area contributed by atoms with Gasteiger partial charge in [-0.1, -0.05) is 28.1 Å². The lowest BCUT2D eigenvalue weighted by molar-refractivity contribution is 0.410. The highest BCUT2D eigenvalue weighted by molar-refractivity contribution is 9.10. The summed E-state index contributed by atoms with van der Waals surface area (Å²) in [4.78, 5) is 0. The number of halogens is 3. The topological polar surface area (TPSA) is 21.3 Å². The van der Waals surface area contributed by atoms with Crippen molar-refractivity contribution in [3.8, 4) is 5.75 Å². The number of rotatable bonds is 4. The van der Waals surface area contributed by atoms with Gasteiger partial charge in [0.1, 0.15) is 17.4 Å². The van der Waals surface area contributed by atoms with Crippen LogP contribution in [0.15, 0.2) is 40.9 Å². The molecule has 0 saturated carbocycles. The molecule has 0 saturated heterocycles. The van der Waals surface area contributed by atoms with Crippen LogP contribution in [0.25, 0.3) is 0 Å². The lowest BCUT2D eigenvalue weighted by Gasteiger charge is -2.20. The molecule has 0 heterocycles. The Balaban J connectivity index is 2.53. The van der Waals surface area contributed by atoms with Gasteiger partial charge >= 0.3 is 0 Å². The average molecular weight is 342 g/mol. The molecule has 2 rings (SSSR count). The minimum atomic E-state index is -0.587. The van der Waals surface area contributed by atoms with E-state index in [2.05, 4.69) is 21.2 Å². The molecule has 2 aromatic rings. The molecule has 1 N–H and O–H groups in total. The van der Waals surface area contributed by atoms with Crippen LogP contribution in [-0.4, -0.2) is 14.2 Å². The molecule has 5 heteroatoms. The van der Waals surface area contributed by atoms with Gasteiger partial charge in [-0.25, -0.2) is 8.78 Å². The second-order valence-corrected chi connectivity index (χ2v) is 5.10. The van der Waals surface area contributed by atoms with E-state index in [4.69, 9.17) is 4.74 Å². The molecule has 0 aliphatic rings. The summed E-state index contributed by atoms with van der Waals surface area (Å²) in [6.45, 7) is 0. The molecule has 0 spiro atoms. The highest BCUT2D eigenvalue weighted by Crippen LogP contribution is 2.32. The van der Waals surface area contributed by atoms with Crippen molar-refractivity contribution in [1.29, 1.82) is 0 Å². The highest BCUT2D eigenvalue weighted by Gasteiger charge is 2.22. The summed E-state index contributed by atoms with van der Waals surface area (Å²) >= 11 is 3.31. The van der Waals surface area contributed by atoms with E-state index in [1.165, 1.54) is 19.2 Å². The molecule has 0 aromatic heterocycles. The molecule has 1 unspecified atom stereocenters. The van der Waals surface area contributed by atoms with Crippen molar-refractivity contribution in [3.63, 3.8) is 0 Å². The Morgan fingerprint density at radius 3 is 2.45 bits per heavy atom. The summed E-state index contributed by atoms with van der Waals surface area (Å²) < 4.78 is 33.8. The van der Waals surface area contributed by atoms with E-state index in [1.54, 1.807) is 31.3 Å².